The van der Waals surface area contributed by atoms with Gasteiger partial charge in [-0.3, -0.25) is 19.8 Å². The summed E-state index contributed by atoms with van der Waals surface area (Å²) in [5.41, 5.74) is 0.263. The second-order valence-electron chi connectivity index (χ2n) is 5.10. The monoisotopic (exact) mass is 265 g/mol. The van der Waals surface area contributed by atoms with Gasteiger partial charge in [0.2, 0.25) is 0 Å². The molecule has 6 nitrogen and oxygen atoms in total. The van der Waals surface area contributed by atoms with E-state index in [0.29, 0.717) is 18.2 Å². The lowest BCUT2D eigenvalue weighted by atomic mass is 9.95. The van der Waals surface area contributed by atoms with E-state index in [1.54, 1.807) is 0 Å². The normalized spacial score (nSPS) is 20.4. The maximum Gasteiger partial charge on any atom is 0.287 e. The highest BCUT2D eigenvalue weighted by Gasteiger charge is 2.22. The first-order chi connectivity index (χ1) is 9.10. The van der Waals surface area contributed by atoms with E-state index in [2.05, 4.69) is 16.8 Å². The van der Waals surface area contributed by atoms with Gasteiger partial charge in [-0.15, -0.1) is 0 Å². The van der Waals surface area contributed by atoms with E-state index in [1.807, 2.05) is 0 Å². The molecule has 6 heteroatoms. The van der Waals surface area contributed by atoms with Gasteiger partial charge in [0.05, 0.1) is 23.4 Å². The zero-order valence-corrected chi connectivity index (χ0v) is 11.1. The highest BCUT2D eigenvalue weighted by molar-refractivity contribution is 5.96. The van der Waals surface area contributed by atoms with Crippen molar-refractivity contribution in [3.63, 3.8) is 0 Å². The van der Waals surface area contributed by atoms with Crippen LogP contribution < -0.4 is 0 Å². The predicted molar refractivity (Wildman–Crippen MR) is 71.2 cm³/mol. The number of hydrogen-bond donors (Lipinski definition) is 1. The summed E-state index contributed by atoms with van der Waals surface area (Å²) in [5.74, 6) is 0.587. The Morgan fingerprint density at radius 1 is 1.63 bits per heavy atom. The molecule has 0 radical (unpaired) electrons. The fraction of sp³-hybridized carbons (Fsp3) is 0.615. The molecule has 1 aliphatic rings. The van der Waals surface area contributed by atoms with Crippen LogP contribution in [0.3, 0.4) is 0 Å². The van der Waals surface area contributed by atoms with Gasteiger partial charge >= 0.3 is 0 Å². The Balaban J connectivity index is 1.94. The summed E-state index contributed by atoms with van der Waals surface area (Å²) in [6, 6.07) is 1.31. The molecule has 1 aromatic heterocycles. The molecule has 2 heterocycles. The SMILES string of the molecule is CCC1CCCN(CC(=O)c2cc([N+](=O)[O-])c[nH]2)C1. The number of hydrogen-bond acceptors (Lipinski definition) is 4. The molecule has 0 aliphatic carbocycles. The molecule has 0 saturated carbocycles. The third-order valence-corrected chi connectivity index (χ3v) is 3.73. The van der Waals surface area contributed by atoms with Crippen molar-refractivity contribution in [2.24, 2.45) is 5.92 Å². The summed E-state index contributed by atoms with van der Waals surface area (Å²) < 4.78 is 0. The maximum absolute atomic E-state index is 12.0. The van der Waals surface area contributed by atoms with Gasteiger partial charge < -0.3 is 4.98 Å². The Bertz CT molecular complexity index is 469. The summed E-state index contributed by atoms with van der Waals surface area (Å²) in [6.07, 6.45) is 4.75. The summed E-state index contributed by atoms with van der Waals surface area (Å²) >= 11 is 0. The van der Waals surface area contributed by atoms with Crippen LogP contribution in [0.25, 0.3) is 0 Å². The standard InChI is InChI=1S/C13H19N3O3/c1-2-10-4-3-5-15(8-10)9-13(17)12-6-11(7-14-12)16(18)19/h6-7,10,14H,2-5,8-9H2,1H3. The minimum absolute atomic E-state index is 0.0616. The maximum atomic E-state index is 12.0. The quantitative estimate of drug-likeness (QED) is 0.503. The molecule has 104 valence electrons. The number of carbonyl (C=O) groups excluding carboxylic acids is 1. The number of likely N-dealkylation sites (tertiary alicyclic amines) is 1. The van der Waals surface area contributed by atoms with Gasteiger partial charge in [-0.25, -0.2) is 0 Å². The number of piperidine rings is 1. The zero-order chi connectivity index (χ0) is 13.8. The van der Waals surface area contributed by atoms with E-state index in [4.69, 9.17) is 0 Å². The van der Waals surface area contributed by atoms with Crippen LogP contribution in [0.4, 0.5) is 5.69 Å². The second-order valence-corrected chi connectivity index (χ2v) is 5.10. The average molecular weight is 265 g/mol. The van der Waals surface area contributed by atoms with Crippen LogP contribution in [-0.2, 0) is 0 Å². The molecule has 1 saturated heterocycles. The van der Waals surface area contributed by atoms with Crippen molar-refractivity contribution in [3.05, 3.63) is 28.1 Å². The number of aromatic amines is 1. The van der Waals surface area contributed by atoms with Crippen LogP contribution in [-0.4, -0.2) is 40.2 Å². The Kier molecular flexibility index (Phi) is 4.31. The smallest absolute Gasteiger partial charge is 0.287 e. The number of ketones is 1. The van der Waals surface area contributed by atoms with E-state index in [-0.39, 0.29) is 11.5 Å². The minimum atomic E-state index is -0.499. The molecule has 1 fully saturated rings. The first-order valence-electron chi connectivity index (χ1n) is 6.68. The fourth-order valence-corrected chi connectivity index (χ4v) is 2.57. The Morgan fingerprint density at radius 2 is 2.42 bits per heavy atom. The molecular weight excluding hydrogens is 246 g/mol. The summed E-state index contributed by atoms with van der Waals surface area (Å²) in [4.78, 5) is 27.0. The number of nitrogens with zero attached hydrogens (tertiary/aromatic N) is 2. The van der Waals surface area contributed by atoms with Gasteiger partial charge in [-0.05, 0) is 25.3 Å². The number of H-pyrrole nitrogens is 1. The van der Waals surface area contributed by atoms with Crippen molar-refractivity contribution in [2.75, 3.05) is 19.6 Å². The topological polar surface area (TPSA) is 79.2 Å². The van der Waals surface area contributed by atoms with Crippen molar-refractivity contribution in [2.45, 2.75) is 26.2 Å². The number of Topliss-reactive ketones (excluding diaryl/α,β-unsaturated/α-hetero) is 1. The molecule has 19 heavy (non-hydrogen) atoms. The third-order valence-electron chi connectivity index (χ3n) is 3.73. The molecular formula is C13H19N3O3. The Hall–Kier alpha value is -1.69. The molecule has 1 atom stereocenters. The highest BCUT2D eigenvalue weighted by atomic mass is 16.6. The third kappa shape index (κ3) is 3.41. The van der Waals surface area contributed by atoms with Crippen molar-refractivity contribution in [1.29, 1.82) is 0 Å². The summed E-state index contributed by atoms with van der Waals surface area (Å²) in [7, 11) is 0. The molecule has 1 N–H and O–H groups in total. The molecule has 2 rings (SSSR count). The van der Waals surface area contributed by atoms with Gasteiger partial charge in [0.15, 0.2) is 5.78 Å². The van der Waals surface area contributed by atoms with Crippen LogP contribution >= 0.6 is 0 Å². The largest absolute Gasteiger partial charge is 0.353 e. The van der Waals surface area contributed by atoms with Gasteiger partial charge in [0.1, 0.15) is 0 Å². The van der Waals surface area contributed by atoms with E-state index >= 15 is 0 Å². The molecule has 0 aromatic carbocycles. The Labute approximate surface area is 111 Å². The van der Waals surface area contributed by atoms with Gasteiger partial charge in [0, 0.05) is 12.6 Å². The highest BCUT2D eigenvalue weighted by Crippen LogP contribution is 2.20. The molecule has 1 aliphatic heterocycles. The van der Waals surface area contributed by atoms with Crippen molar-refractivity contribution in [3.8, 4) is 0 Å². The van der Waals surface area contributed by atoms with Crippen molar-refractivity contribution < 1.29 is 9.72 Å². The number of nitro groups is 1. The zero-order valence-electron chi connectivity index (χ0n) is 11.1. The van der Waals surface area contributed by atoms with Gasteiger partial charge in [-0.2, -0.15) is 0 Å². The molecule has 0 bridgehead atoms. The van der Waals surface area contributed by atoms with Crippen molar-refractivity contribution in [1.82, 2.24) is 9.88 Å². The van der Waals surface area contributed by atoms with Gasteiger partial charge in [-0.1, -0.05) is 13.3 Å². The summed E-state index contributed by atoms with van der Waals surface area (Å²) in [6.45, 7) is 4.40. The van der Waals surface area contributed by atoms with Crippen LogP contribution in [0.1, 0.15) is 36.7 Å². The molecule has 0 spiro atoms. The fourth-order valence-electron chi connectivity index (χ4n) is 2.57. The number of aromatic nitrogens is 1. The molecule has 1 aromatic rings. The lowest BCUT2D eigenvalue weighted by Crippen LogP contribution is -2.38. The second kappa shape index (κ2) is 5.97. The Morgan fingerprint density at radius 3 is 3.05 bits per heavy atom. The van der Waals surface area contributed by atoms with Crippen LogP contribution in [0, 0.1) is 16.0 Å². The van der Waals surface area contributed by atoms with E-state index < -0.39 is 4.92 Å². The van der Waals surface area contributed by atoms with E-state index in [9.17, 15) is 14.9 Å². The first-order valence-corrected chi connectivity index (χ1v) is 6.68. The van der Waals surface area contributed by atoms with Crippen LogP contribution in [0.15, 0.2) is 12.3 Å². The average Bonchev–Trinajstić information content (AvgIpc) is 2.89. The number of rotatable bonds is 5. The van der Waals surface area contributed by atoms with Crippen LogP contribution in [0.2, 0.25) is 0 Å². The lowest BCUT2D eigenvalue weighted by molar-refractivity contribution is -0.384. The predicted octanol–water partition coefficient (Wildman–Crippen LogP) is 2.23. The first kappa shape index (κ1) is 13.7. The van der Waals surface area contributed by atoms with Crippen molar-refractivity contribution >= 4 is 11.5 Å². The van der Waals surface area contributed by atoms with Gasteiger partial charge in [0.25, 0.3) is 5.69 Å². The van der Waals surface area contributed by atoms with Crippen LogP contribution in [0.5, 0.6) is 0 Å². The molecule has 0 amide bonds. The van der Waals surface area contributed by atoms with E-state index in [0.717, 1.165) is 25.9 Å². The number of nitrogens with one attached hydrogen (secondary N) is 1. The lowest BCUT2D eigenvalue weighted by Gasteiger charge is -2.31. The summed E-state index contributed by atoms with van der Waals surface area (Å²) in [5, 5.41) is 10.6. The number of carbonyl (C=O) groups is 1. The van der Waals surface area contributed by atoms with E-state index in [1.165, 1.54) is 18.7 Å². The molecule has 1 unspecified atom stereocenters. The minimum Gasteiger partial charge on any atom is -0.353 e.